The molecular formula is C17H17N3O2S. The first-order valence-electron chi connectivity index (χ1n) is 7.24. The summed E-state index contributed by atoms with van der Waals surface area (Å²) in [7, 11) is 0. The first-order valence-corrected chi connectivity index (χ1v) is 8.12. The summed E-state index contributed by atoms with van der Waals surface area (Å²) in [5.41, 5.74) is 3.86. The molecule has 23 heavy (non-hydrogen) atoms. The van der Waals surface area contributed by atoms with Crippen LogP contribution in [0.3, 0.4) is 0 Å². The molecule has 3 rings (SSSR count). The van der Waals surface area contributed by atoms with Crippen molar-refractivity contribution in [1.29, 1.82) is 0 Å². The van der Waals surface area contributed by atoms with E-state index in [4.69, 9.17) is 0 Å². The Bertz CT molecular complexity index is 965. The standard InChI is InChI=1S/C17H17N3O2S/c1-9-5-10(2)7-13(6-9)15(21)19-14-12(4)18-17-20(16(14)22)11(3)8-23-17/h5-8H,1-4H3,(H,19,21). The van der Waals surface area contributed by atoms with Crippen LogP contribution in [-0.4, -0.2) is 15.3 Å². The van der Waals surface area contributed by atoms with Crippen molar-refractivity contribution in [3.8, 4) is 0 Å². The van der Waals surface area contributed by atoms with Gasteiger partial charge in [-0.3, -0.25) is 14.0 Å². The summed E-state index contributed by atoms with van der Waals surface area (Å²) in [6.07, 6.45) is 0. The normalized spacial score (nSPS) is 11.0. The Hall–Kier alpha value is -2.47. The van der Waals surface area contributed by atoms with Gasteiger partial charge in [0.25, 0.3) is 11.5 Å². The molecule has 0 fully saturated rings. The summed E-state index contributed by atoms with van der Waals surface area (Å²) < 4.78 is 1.52. The van der Waals surface area contributed by atoms with E-state index in [-0.39, 0.29) is 17.2 Å². The Morgan fingerprint density at radius 3 is 2.43 bits per heavy atom. The number of thiazole rings is 1. The lowest BCUT2D eigenvalue weighted by Gasteiger charge is -2.09. The summed E-state index contributed by atoms with van der Waals surface area (Å²) in [4.78, 5) is 30.2. The molecule has 2 aromatic heterocycles. The number of aromatic nitrogens is 2. The van der Waals surface area contributed by atoms with Crippen molar-refractivity contribution < 1.29 is 4.79 Å². The fourth-order valence-corrected chi connectivity index (χ4v) is 3.52. The predicted octanol–water partition coefficient (Wildman–Crippen LogP) is 3.24. The van der Waals surface area contributed by atoms with Crippen LogP contribution in [-0.2, 0) is 0 Å². The zero-order valence-electron chi connectivity index (χ0n) is 13.4. The van der Waals surface area contributed by atoms with Crippen molar-refractivity contribution in [1.82, 2.24) is 9.38 Å². The molecule has 0 aliphatic heterocycles. The van der Waals surface area contributed by atoms with Gasteiger partial charge >= 0.3 is 0 Å². The van der Waals surface area contributed by atoms with E-state index in [9.17, 15) is 9.59 Å². The number of carbonyl (C=O) groups excluding carboxylic acids is 1. The summed E-state index contributed by atoms with van der Waals surface area (Å²) in [5, 5.41) is 4.60. The van der Waals surface area contributed by atoms with E-state index in [1.54, 1.807) is 19.1 Å². The fraction of sp³-hybridized carbons (Fsp3) is 0.235. The highest BCUT2D eigenvalue weighted by Crippen LogP contribution is 2.17. The highest BCUT2D eigenvalue weighted by atomic mass is 32.1. The third-order valence-electron chi connectivity index (χ3n) is 3.64. The van der Waals surface area contributed by atoms with Gasteiger partial charge in [0, 0.05) is 16.6 Å². The lowest BCUT2D eigenvalue weighted by Crippen LogP contribution is -2.25. The largest absolute Gasteiger partial charge is 0.316 e. The number of nitrogens with one attached hydrogen (secondary N) is 1. The van der Waals surface area contributed by atoms with E-state index >= 15 is 0 Å². The van der Waals surface area contributed by atoms with Crippen molar-refractivity contribution >= 4 is 27.9 Å². The molecule has 0 atom stereocenters. The Labute approximate surface area is 137 Å². The molecule has 3 aromatic rings. The molecule has 118 valence electrons. The van der Waals surface area contributed by atoms with Crippen LogP contribution in [0.15, 0.2) is 28.4 Å². The number of anilines is 1. The molecule has 2 heterocycles. The molecule has 0 aliphatic carbocycles. The molecule has 5 nitrogen and oxygen atoms in total. The molecular weight excluding hydrogens is 310 g/mol. The van der Waals surface area contributed by atoms with Crippen molar-refractivity contribution in [2.45, 2.75) is 27.7 Å². The van der Waals surface area contributed by atoms with Crippen LogP contribution < -0.4 is 10.9 Å². The maximum Gasteiger partial charge on any atom is 0.282 e. The summed E-state index contributed by atoms with van der Waals surface area (Å²) in [6.45, 7) is 7.45. The second kappa shape index (κ2) is 5.62. The molecule has 1 aromatic carbocycles. The Balaban J connectivity index is 2.06. The molecule has 0 bridgehead atoms. The van der Waals surface area contributed by atoms with Crippen LogP contribution in [0.25, 0.3) is 4.96 Å². The number of rotatable bonds is 2. The summed E-state index contributed by atoms with van der Waals surface area (Å²) in [6, 6.07) is 5.60. The van der Waals surface area contributed by atoms with Gasteiger partial charge in [-0.1, -0.05) is 17.2 Å². The quantitative estimate of drug-likeness (QED) is 0.786. The van der Waals surface area contributed by atoms with E-state index in [0.29, 0.717) is 16.2 Å². The van der Waals surface area contributed by atoms with E-state index in [1.165, 1.54) is 15.7 Å². The van der Waals surface area contributed by atoms with Gasteiger partial charge in [0.05, 0.1) is 5.69 Å². The van der Waals surface area contributed by atoms with Gasteiger partial charge in [0.1, 0.15) is 5.69 Å². The van der Waals surface area contributed by atoms with Crippen LogP contribution in [0.2, 0.25) is 0 Å². The number of hydrogen-bond acceptors (Lipinski definition) is 4. The monoisotopic (exact) mass is 327 g/mol. The minimum atomic E-state index is -0.299. The second-order valence-electron chi connectivity index (χ2n) is 5.70. The van der Waals surface area contributed by atoms with Gasteiger partial charge < -0.3 is 5.32 Å². The maximum absolute atomic E-state index is 12.6. The number of aryl methyl sites for hydroxylation is 4. The third kappa shape index (κ3) is 2.77. The molecule has 0 spiro atoms. The topological polar surface area (TPSA) is 63.5 Å². The molecule has 0 radical (unpaired) electrons. The van der Waals surface area contributed by atoms with Gasteiger partial charge in [0.15, 0.2) is 4.96 Å². The molecule has 0 unspecified atom stereocenters. The van der Waals surface area contributed by atoms with Crippen LogP contribution in [0, 0.1) is 27.7 Å². The molecule has 0 saturated carbocycles. The minimum absolute atomic E-state index is 0.230. The highest BCUT2D eigenvalue weighted by molar-refractivity contribution is 7.15. The summed E-state index contributed by atoms with van der Waals surface area (Å²) in [5.74, 6) is -0.299. The zero-order chi connectivity index (χ0) is 16.7. The number of amides is 1. The molecule has 0 aliphatic rings. The van der Waals surface area contributed by atoms with E-state index < -0.39 is 0 Å². The Morgan fingerprint density at radius 2 is 1.78 bits per heavy atom. The zero-order valence-corrected chi connectivity index (χ0v) is 14.2. The first kappa shape index (κ1) is 15.4. The fourth-order valence-electron chi connectivity index (χ4n) is 2.62. The number of benzene rings is 1. The van der Waals surface area contributed by atoms with Crippen molar-refractivity contribution in [2.75, 3.05) is 5.32 Å². The average Bonchev–Trinajstić information content (AvgIpc) is 2.83. The van der Waals surface area contributed by atoms with Crippen LogP contribution in [0.1, 0.15) is 32.9 Å². The first-order chi connectivity index (χ1) is 10.9. The van der Waals surface area contributed by atoms with Crippen LogP contribution in [0.5, 0.6) is 0 Å². The number of fused-ring (bicyclic) bond motifs is 1. The maximum atomic E-state index is 12.6. The highest BCUT2D eigenvalue weighted by Gasteiger charge is 2.16. The summed E-state index contributed by atoms with van der Waals surface area (Å²) >= 11 is 1.41. The second-order valence-corrected chi connectivity index (χ2v) is 6.54. The molecule has 0 saturated heterocycles. The molecule has 6 heteroatoms. The van der Waals surface area contributed by atoms with Gasteiger partial charge in [0.2, 0.25) is 0 Å². The van der Waals surface area contributed by atoms with Gasteiger partial charge in [-0.2, -0.15) is 0 Å². The number of nitrogens with zero attached hydrogens (tertiary/aromatic N) is 2. The average molecular weight is 327 g/mol. The van der Waals surface area contributed by atoms with Crippen molar-refractivity contribution in [3.05, 3.63) is 62.0 Å². The van der Waals surface area contributed by atoms with Crippen LogP contribution in [0.4, 0.5) is 5.69 Å². The number of hydrogen-bond donors (Lipinski definition) is 1. The van der Waals surface area contributed by atoms with Gasteiger partial charge in [-0.25, -0.2) is 4.98 Å². The van der Waals surface area contributed by atoms with Crippen LogP contribution >= 0.6 is 11.3 Å². The smallest absolute Gasteiger partial charge is 0.282 e. The lowest BCUT2D eigenvalue weighted by molar-refractivity contribution is 0.102. The van der Waals surface area contributed by atoms with E-state index in [1.807, 2.05) is 32.2 Å². The Morgan fingerprint density at radius 1 is 1.13 bits per heavy atom. The third-order valence-corrected chi connectivity index (χ3v) is 4.59. The minimum Gasteiger partial charge on any atom is -0.316 e. The molecule has 1 N–H and O–H groups in total. The number of carbonyl (C=O) groups is 1. The van der Waals surface area contributed by atoms with Crippen molar-refractivity contribution in [3.63, 3.8) is 0 Å². The molecule has 1 amide bonds. The van der Waals surface area contributed by atoms with Crippen molar-refractivity contribution in [2.24, 2.45) is 0 Å². The SMILES string of the molecule is Cc1cc(C)cc(C(=O)Nc2c(C)nc3scc(C)n3c2=O)c1. The van der Waals surface area contributed by atoms with E-state index in [2.05, 4.69) is 10.3 Å². The predicted molar refractivity (Wildman–Crippen MR) is 92.7 cm³/mol. The lowest BCUT2D eigenvalue weighted by atomic mass is 10.1. The Kier molecular flexibility index (Phi) is 3.77. The van der Waals surface area contributed by atoms with Gasteiger partial charge in [-0.05, 0) is 39.8 Å². The van der Waals surface area contributed by atoms with Gasteiger partial charge in [-0.15, -0.1) is 11.3 Å². The van der Waals surface area contributed by atoms with E-state index in [0.717, 1.165) is 16.8 Å².